The summed E-state index contributed by atoms with van der Waals surface area (Å²) in [6.07, 6.45) is 0.825. The molecule has 0 fully saturated rings. The number of amides is 1. The van der Waals surface area contributed by atoms with Crippen LogP contribution in [-0.2, 0) is 11.2 Å². The second kappa shape index (κ2) is 9.37. The number of fused-ring (bicyclic) bond motifs is 1. The summed E-state index contributed by atoms with van der Waals surface area (Å²) in [5.41, 5.74) is 2.93. The SMILES string of the molecule is CCc1ccccc1NC(=O)CSc1nc2ccccc2c(=O)n1-c1ccc(Cl)cc1. The number of carbonyl (C=O) groups is 1. The Morgan fingerprint density at radius 3 is 2.52 bits per heavy atom. The van der Waals surface area contributed by atoms with Crippen molar-refractivity contribution in [3.05, 3.63) is 93.7 Å². The molecular formula is C24H20ClN3O2S. The van der Waals surface area contributed by atoms with Crippen LogP contribution in [0.4, 0.5) is 5.69 Å². The van der Waals surface area contributed by atoms with Crippen LogP contribution >= 0.6 is 23.4 Å². The third-order valence-electron chi connectivity index (χ3n) is 4.83. The maximum Gasteiger partial charge on any atom is 0.266 e. The maximum atomic E-state index is 13.2. The van der Waals surface area contributed by atoms with E-state index < -0.39 is 0 Å². The Morgan fingerprint density at radius 2 is 1.74 bits per heavy atom. The van der Waals surface area contributed by atoms with E-state index in [0.717, 1.165) is 17.7 Å². The largest absolute Gasteiger partial charge is 0.325 e. The number of nitrogens with zero attached hydrogens (tertiary/aromatic N) is 2. The predicted octanol–water partition coefficient (Wildman–Crippen LogP) is 5.33. The highest BCUT2D eigenvalue weighted by Crippen LogP contribution is 2.23. The first-order valence-corrected chi connectivity index (χ1v) is 11.2. The summed E-state index contributed by atoms with van der Waals surface area (Å²) in [5.74, 6) is -0.0351. The van der Waals surface area contributed by atoms with Crippen molar-refractivity contribution in [1.82, 2.24) is 9.55 Å². The lowest BCUT2D eigenvalue weighted by atomic mass is 10.1. The predicted molar refractivity (Wildman–Crippen MR) is 128 cm³/mol. The number of nitrogens with one attached hydrogen (secondary N) is 1. The molecule has 0 spiro atoms. The summed E-state index contributed by atoms with van der Waals surface area (Å²) in [4.78, 5) is 30.5. The van der Waals surface area contributed by atoms with Gasteiger partial charge in [0.25, 0.3) is 5.56 Å². The molecule has 4 aromatic rings. The molecule has 1 heterocycles. The van der Waals surface area contributed by atoms with E-state index in [2.05, 4.69) is 10.3 Å². The van der Waals surface area contributed by atoms with Gasteiger partial charge in [-0.1, -0.05) is 60.6 Å². The number of aryl methyl sites for hydroxylation is 1. The third-order valence-corrected chi connectivity index (χ3v) is 6.03. The van der Waals surface area contributed by atoms with E-state index in [1.165, 1.54) is 16.3 Å². The fraction of sp³-hybridized carbons (Fsp3) is 0.125. The molecule has 1 amide bonds. The highest BCUT2D eigenvalue weighted by atomic mass is 35.5. The zero-order valence-electron chi connectivity index (χ0n) is 16.8. The van der Waals surface area contributed by atoms with Gasteiger partial charge in [0.15, 0.2) is 5.16 Å². The number of carbonyl (C=O) groups excluding carboxylic acids is 1. The number of aromatic nitrogens is 2. The average Bonchev–Trinajstić information content (AvgIpc) is 2.79. The highest BCUT2D eigenvalue weighted by molar-refractivity contribution is 7.99. The number of benzene rings is 3. The zero-order valence-corrected chi connectivity index (χ0v) is 18.4. The van der Waals surface area contributed by atoms with Crippen LogP contribution in [0.2, 0.25) is 5.02 Å². The van der Waals surface area contributed by atoms with Crippen LogP contribution in [0.5, 0.6) is 0 Å². The molecule has 3 aromatic carbocycles. The van der Waals surface area contributed by atoms with Gasteiger partial charge in [-0.3, -0.25) is 14.2 Å². The molecule has 7 heteroatoms. The van der Waals surface area contributed by atoms with Crippen molar-refractivity contribution in [2.75, 3.05) is 11.1 Å². The molecule has 0 unspecified atom stereocenters. The summed E-state index contributed by atoms with van der Waals surface area (Å²) in [6, 6.07) is 21.9. The Balaban J connectivity index is 1.66. The van der Waals surface area contributed by atoms with Gasteiger partial charge >= 0.3 is 0 Å². The van der Waals surface area contributed by atoms with E-state index in [0.29, 0.717) is 26.8 Å². The minimum atomic E-state index is -0.188. The Labute approximate surface area is 189 Å². The lowest BCUT2D eigenvalue weighted by Gasteiger charge is -2.14. The summed E-state index contributed by atoms with van der Waals surface area (Å²) >= 11 is 7.24. The van der Waals surface area contributed by atoms with Gasteiger partial charge in [0.05, 0.1) is 22.3 Å². The first-order valence-electron chi connectivity index (χ1n) is 9.85. The van der Waals surface area contributed by atoms with E-state index in [1.807, 2.05) is 43.3 Å². The molecule has 4 rings (SSSR count). The Hall–Kier alpha value is -3.09. The average molecular weight is 450 g/mol. The number of thioether (sulfide) groups is 1. The Morgan fingerprint density at radius 1 is 1.03 bits per heavy atom. The van der Waals surface area contributed by atoms with Crippen LogP contribution in [0.15, 0.2) is 82.7 Å². The second-order valence-electron chi connectivity index (χ2n) is 6.88. The van der Waals surface area contributed by atoms with E-state index >= 15 is 0 Å². The lowest BCUT2D eigenvalue weighted by Crippen LogP contribution is -2.23. The molecule has 0 saturated carbocycles. The van der Waals surface area contributed by atoms with E-state index in [1.54, 1.807) is 36.4 Å². The normalized spacial score (nSPS) is 10.9. The fourth-order valence-corrected chi connectivity index (χ4v) is 4.23. The molecule has 0 aliphatic rings. The van der Waals surface area contributed by atoms with Gasteiger partial charge in [-0.25, -0.2) is 4.98 Å². The first kappa shape index (κ1) is 21.2. The number of hydrogen-bond acceptors (Lipinski definition) is 4. The minimum absolute atomic E-state index is 0.121. The summed E-state index contributed by atoms with van der Waals surface area (Å²) in [6.45, 7) is 2.05. The Kier molecular flexibility index (Phi) is 6.39. The highest BCUT2D eigenvalue weighted by Gasteiger charge is 2.15. The number of hydrogen-bond donors (Lipinski definition) is 1. The van der Waals surface area contributed by atoms with Crippen LogP contribution < -0.4 is 10.9 Å². The molecule has 156 valence electrons. The van der Waals surface area contributed by atoms with Crippen molar-refractivity contribution >= 4 is 45.9 Å². The molecular weight excluding hydrogens is 430 g/mol. The molecule has 1 N–H and O–H groups in total. The van der Waals surface area contributed by atoms with Gasteiger partial charge in [-0.2, -0.15) is 0 Å². The molecule has 0 saturated heterocycles. The minimum Gasteiger partial charge on any atom is -0.325 e. The number of anilines is 1. The molecule has 0 bridgehead atoms. The number of rotatable bonds is 6. The van der Waals surface area contributed by atoms with Crippen molar-refractivity contribution < 1.29 is 4.79 Å². The van der Waals surface area contributed by atoms with Crippen LogP contribution in [0.25, 0.3) is 16.6 Å². The summed E-state index contributed by atoms with van der Waals surface area (Å²) < 4.78 is 1.52. The van der Waals surface area contributed by atoms with Gasteiger partial charge in [0.2, 0.25) is 5.91 Å². The van der Waals surface area contributed by atoms with E-state index in [4.69, 9.17) is 11.6 Å². The van der Waals surface area contributed by atoms with Crippen LogP contribution in [0, 0.1) is 0 Å². The molecule has 1 aromatic heterocycles. The second-order valence-corrected chi connectivity index (χ2v) is 8.25. The molecule has 5 nitrogen and oxygen atoms in total. The number of para-hydroxylation sites is 2. The number of halogens is 1. The smallest absolute Gasteiger partial charge is 0.266 e. The topological polar surface area (TPSA) is 64.0 Å². The van der Waals surface area contributed by atoms with Crippen LogP contribution in [-0.4, -0.2) is 21.2 Å². The zero-order chi connectivity index (χ0) is 21.8. The summed E-state index contributed by atoms with van der Waals surface area (Å²) in [7, 11) is 0. The quantitative estimate of drug-likeness (QED) is 0.319. The first-order chi connectivity index (χ1) is 15.1. The van der Waals surface area contributed by atoms with Gasteiger partial charge in [0, 0.05) is 10.7 Å². The standard InChI is InChI=1S/C24H20ClN3O2S/c1-2-16-7-3-5-9-20(16)26-22(29)15-31-24-27-21-10-6-4-8-19(21)23(30)28(24)18-13-11-17(25)12-14-18/h3-14H,2,15H2,1H3,(H,26,29). The van der Waals surface area contributed by atoms with Crippen molar-refractivity contribution in [3.8, 4) is 5.69 Å². The van der Waals surface area contributed by atoms with Crippen LogP contribution in [0.1, 0.15) is 12.5 Å². The maximum absolute atomic E-state index is 13.2. The molecule has 31 heavy (non-hydrogen) atoms. The van der Waals surface area contributed by atoms with Crippen molar-refractivity contribution in [1.29, 1.82) is 0 Å². The summed E-state index contributed by atoms with van der Waals surface area (Å²) in [5, 5.41) is 4.50. The van der Waals surface area contributed by atoms with Gasteiger partial charge in [0.1, 0.15) is 0 Å². The van der Waals surface area contributed by atoms with Crippen molar-refractivity contribution in [3.63, 3.8) is 0 Å². The van der Waals surface area contributed by atoms with E-state index in [-0.39, 0.29) is 17.2 Å². The van der Waals surface area contributed by atoms with Crippen molar-refractivity contribution in [2.45, 2.75) is 18.5 Å². The van der Waals surface area contributed by atoms with Gasteiger partial charge in [-0.15, -0.1) is 0 Å². The van der Waals surface area contributed by atoms with E-state index in [9.17, 15) is 9.59 Å². The molecule has 0 atom stereocenters. The van der Waals surface area contributed by atoms with Crippen LogP contribution in [0.3, 0.4) is 0 Å². The van der Waals surface area contributed by atoms with Crippen molar-refractivity contribution in [2.24, 2.45) is 0 Å². The van der Waals surface area contributed by atoms with Gasteiger partial charge in [-0.05, 0) is 54.4 Å². The molecule has 0 aliphatic heterocycles. The lowest BCUT2D eigenvalue weighted by molar-refractivity contribution is -0.113. The fourth-order valence-electron chi connectivity index (χ4n) is 3.29. The molecule has 0 aliphatic carbocycles. The van der Waals surface area contributed by atoms with Gasteiger partial charge < -0.3 is 5.32 Å². The molecule has 0 radical (unpaired) electrons. The third kappa shape index (κ3) is 4.65. The monoisotopic (exact) mass is 449 g/mol. The Bertz CT molecular complexity index is 1300.